The standard InChI is InChI=1S/C20H25N3O3/c1-14-17(16-5-3-4-6-19(16)26-14)12-21-18-7-9-25-20(18)15-11-22-23(13-15)8-10-24-2/h3-6,11,13,18,20-21H,7-10,12H2,1-2H3/t18-,20+/m0/s1. The number of benzene rings is 1. The van der Waals surface area contributed by atoms with E-state index in [-0.39, 0.29) is 12.1 Å². The zero-order chi connectivity index (χ0) is 17.9. The summed E-state index contributed by atoms with van der Waals surface area (Å²) in [6.45, 7) is 4.96. The van der Waals surface area contributed by atoms with Crippen molar-refractivity contribution in [3.05, 3.63) is 53.5 Å². The van der Waals surface area contributed by atoms with Crippen LogP contribution in [0.3, 0.4) is 0 Å². The van der Waals surface area contributed by atoms with Gasteiger partial charge in [-0.3, -0.25) is 4.68 Å². The van der Waals surface area contributed by atoms with Crippen molar-refractivity contribution in [2.24, 2.45) is 0 Å². The molecule has 1 saturated heterocycles. The van der Waals surface area contributed by atoms with Crippen LogP contribution in [0.1, 0.15) is 29.4 Å². The van der Waals surface area contributed by atoms with Gasteiger partial charge in [-0.25, -0.2) is 0 Å². The molecule has 1 fully saturated rings. The summed E-state index contributed by atoms with van der Waals surface area (Å²) in [6.07, 6.45) is 4.98. The van der Waals surface area contributed by atoms with Crippen LogP contribution in [0.5, 0.6) is 0 Å². The monoisotopic (exact) mass is 355 g/mol. The fraction of sp³-hybridized carbons (Fsp3) is 0.450. The highest BCUT2D eigenvalue weighted by molar-refractivity contribution is 5.82. The average Bonchev–Trinajstić information content (AvgIpc) is 3.36. The van der Waals surface area contributed by atoms with Crippen LogP contribution in [-0.4, -0.2) is 36.1 Å². The molecule has 0 unspecified atom stereocenters. The number of fused-ring (bicyclic) bond motifs is 1. The number of hydrogen-bond donors (Lipinski definition) is 1. The SMILES string of the molecule is COCCn1cc([C@H]2OCC[C@@H]2NCc2c(C)oc3ccccc23)cn1. The van der Waals surface area contributed by atoms with E-state index in [9.17, 15) is 0 Å². The molecule has 0 bridgehead atoms. The number of hydrogen-bond acceptors (Lipinski definition) is 5. The molecule has 0 aliphatic carbocycles. The summed E-state index contributed by atoms with van der Waals surface area (Å²) in [4.78, 5) is 0. The Hall–Kier alpha value is -2.15. The van der Waals surface area contributed by atoms with Gasteiger partial charge in [0, 0.05) is 49.0 Å². The second-order valence-electron chi connectivity index (χ2n) is 6.73. The highest BCUT2D eigenvalue weighted by Crippen LogP contribution is 2.30. The fourth-order valence-electron chi connectivity index (χ4n) is 3.63. The Bertz CT molecular complexity index is 870. The van der Waals surface area contributed by atoms with Crippen LogP contribution in [0.25, 0.3) is 11.0 Å². The summed E-state index contributed by atoms with van der Waals surface area (Å²) in [6, 6.07) is 8.46. The third kappa shape index (κ3) is 3.40. The molecule has 138 valence electrons. The van der Waals surface area contributed by atoms with E-state index < -0.39 is 0 Å². The molecule has 0 saturated carbocycles. The quantitative estimate of drug-likeness (QED) is 0.705. The average molecular weight is 355 g/mol. The third-order valence-electron chi connectivity index (χ3n) is 5.04. The van der Waals surface area contributed by atoms with Gasteiger partial charge in [0.25, 0.3) is 0 Å². The lowest BCUT2D eigenvalue weighted by molar-refractivity contribution is 0.0983. The molecule has 1 aliphatic rings. The fourth-order valence-corrected chi connectivity index (χ4v) is 3.63. The second-order valence-corrected chi connectivity index (χ2v) is 6.73. The zero-order valence-electron chi connectivity index (χ0n) is 15.3. The first-order valence-electron chi connectivity index (χ1n) is 9.09. The third-order valence-corrected chi connectivity index (χ3v) is 5.04. The molecule has 1 aliphatic heterocycles. The molecule has 6 nitrogen and oxygen atoms in total. The Balaban J connectivity index is 1.45. The van der Waals surface area contributed by atoms with Gasteiger partial charge in [-0.2, -0.15) is 5.10 Å². The van der Waals surface area contributed by atoms with Gasteiger partial charge in [0.05, 0.1) is 19.3 Å². The van der Waals surface area contributed by atoms with Crippen LogP contribution in [0.4, 0.5) is 0 Å². The van der Waals surface area contributed by atoms with Gasteiger partial charge in [0.15, 0.2) is 0 Å². The molecule has 0 radical (unpaired) electrons. The van der Waals surface area contributed by atoms with Gasteiger partial charge in [-0.1, -0.05) is 18.2 Å². The zero-order valence-corrected chi connectivity index (χ0v) is 15.3. The summed E-state index contributed by atoms with van der Waals surface area (Å²) in [5.74, 6) is 0.974. The number of methoxy groups -OCH3 is 1. The van der Waals surface area contributed by atoms with E-state index in [1.165, 1.54) is 10.9 Å². The maximum Gasteiger partial charge on any atom is 0.134 e. The lowest BCUT2D eigenvalue weighted by Crippen LogP contribution is -2.31. The molecule has 1 N–H and O–H groups in total. The summed E-state index contributed by atoms with van der Waals surface area (Å²) < 4.78 is 18.9. The lowest BCUT2D eigenvalue weighted by Gasteiger charge is -2.18. The van der Waals surface area contributed by atoms with E-state index >= 15 is 0 Å². The Labute approximate surface area is 153 Å². The smallest absolute Gasteiger partial charge is 0.134 e. The summed E-state index contributed by atoms with van der Waals surface area (Å²) in [5, 5.41) is 9.26. The van der Waals surface area contributed by atoms with Crippen molar-refractivity contribution in [3.8, 4) is 0 Å². The number of nitrogens with one attached hydrogen (secondary N) is 1. The number of furan rings is 1. The molecular weight excluding hydrogens is 330 g/mol. The Morgan fingerprint density at radius 1 is 1.35 bits per heavy atom. The number of aromatic nitrogens is 2. The maximum atomic E-state index is 5.99. The minimum absolute atomic E-state index is 0.0322. The van der Waals surface area contributed by atoms with E-state index in [4.69, 9.17) is 13.9 Å². The number of rotatable bonds is 7. The van der Waals surface area contributed by atoms with Crippen LogP contribution in [0.2, 0.25) is 0 Å². The molecule has 2 aromatic heterocycles. The van der Waals surface area contributed by atoms with E-state index in [0.717, 1.165) is 43.0 Å². The van der Waals surface area contributed by atoms with Gasteiger partial charge in [0.1, 0.15) is 17.4 Å². The van der Waals surface area contributed by atoms with Crippen molar-refractivity contribution >= 4 is 11.0 Å². The summed E-state index contributed by atoms with van der Waals surface area (Å²) in [7, 11) is 1.70. The van der Waals surface area contributed by atoms with Crippen LogP contribution >= 0.6 is 0 Å². The van der Waals surface area contributed by atoms with Crippen LogP contribution < -0.4 is 5.32 Å². The summed E-state index contributed by atoms with van der Waals surface area (Å²) >= 11 is 0. The molecule has 26 heavy (non-hydrogen) atoms. The largest absolute Gasteiger partial charge is 0.461 e. The molecule has 3 heterocycles. The lowest BCUT2D eigenvalue weighted by atomic mass is 10.0. The molecule has 4 rings (SSSR count). The second kappa shape index (κ2) is 7.61. The first-order valence-corrected chi connectivity index (χ1v) is 9.09. The first kappa shape index (κ1) is 17.3. The highest BCUT2D eigenvalue weighted by Gasteiger charge is 2.30. The van der Waals surface area contributed by atoms with E-state index in [0.29, 0.717) is 6.61 Å². The Kier molecular flexibility index (Phi) is 5.06. The van der Waals surface area contributed by atoms with E-state index in [1.54, 1.807) is 7.11 Å². The maximum absolute atomic E-state index is 5.99. The first-order chi connectivity index (χ1) is 12.8. The summed E-state index contributed by atoms with van der Waals surface area (Å²) in [5.41, 5.74) is 3.28. The van der Waals surface area contributed by atoms with Crippen LogP contribution in [0, 0.1) is 6.92 Å². The van der Waals surface area contributed by atoms with Gasteiger partial charge in [-0.15, -0.1) is 0 Å². The Morgan fingerprint density at radius 2 is 2.23 bits per heavy atom. The minimum atomic E-state index is 0.0322. The van der Waals surface area contributed by atoms with Crippen LogP contribution in [-0.2, 0) is 22.6 Å². The number of para-hydroxylation sites is 1. The van der Waals surface area contributed by atoms with Crippen molar-refractivity contribution in [2.75, 3.05) is 20.3 Å². The molecular formula is C20H25N3O3. The van der Waals surface area contributed by atoms with Crippen molar-refractivity contribution in [1.82, 2.24) is 15.1 Å². The van der Waals surface area contributed by atoms with Crippen LogP contribution in [0.15, 0.2) is 41.1 Å². The van der Waals surface area contributed by atoms with Crippen molar-refractivity contribution < 1.29 is 13.9 Å². The molecule has 1 aromatic carbocycles. The van der Waals surface area contributed by atoms with Gasteiger partial charge in [0.2, 0.25) is 0 Å². The number of ether oxygens (including phenoxy) is 2. The Morgan fingerprint density at radius 3 is 3.12 bits per heavy atom. The van der Waals surface area contributed by atoms with Gasteiger partial charge < -0.3 is 19.2 Å². The van der Waals surface area contributed by atoms with Gasteiger partial charge >= 0.3 is 0 Å². The molecule has 3 aromatic rings. The predicted octanol–water partition coefficient (Wildman–Crippen LogP) is 3.20. The van der Waals surface area contributed by atoms with Crippen molar-refractivity contribution in [1.29, 1.82) is 0 Å². The molecule has 0 spiro atoms. The topological polar surface area (TPSA) is 61.5 Å². The number of nitrogens with zero attached hydrogens (tertiary/aromatic N) is 2. The number of aryl methyl sites for hydroxylation is 1. The minimum Gasteiger partial charge on any atom is -0.461 e. The van der Waals surface area contributed by atoms with Crippen molar-refractivity contribution in [3.63, 3.8) is 0 Å². The normalized spacial score (nSPS) is 20.2. The van der Waals surface area contributed by atoms with Gasteiger partial charge in [-0.05, 0) is 19.4 Å². The molecule has 2 atom stereocenters. The van der Waals surface area contributed by atoms with Crippen molar-refractivity contribution in [2.45, 2.75) is 38.6 Å². The predicted molar refractivity (Wildman–Crippen MR) is 99.0 cm³/mol. The molecule has 6 heteroatoms. The molecule has 0 amide bonds. The highest BCUT2D eigenvalue weighted by atomic mass is 16.5. The van der Waals surface area contributed by atoms with E-state index in [1.807, 2.05) is 29.9 Å². The van der Waals surface area contributed by atoms with E-state index in [2.05, 4.69) is 28.7 Å².